The molecular weight excluding hydrogens is 208 g/mol. The van der Waals surface area contributed by atoms with Crippen LogP contribution >= 0.6 is 11.3 Å². The van der Waals surface area contributed by atoms with E-state index in [1.165, 1.54) is 10.1 Å². The Balaban J connectivity index is 3.05. The van der Waals surface area contributed by atoms with E-state index < -0.39 is 8.07 Å². The van der Waals surface area contributed by atoms with Gasteiger partial charge in [0.1, 0.15) is 0 Å². The predicted molar refractivity (Wildman–Crippen MR) is 67.1 cm³/mol. The maximum absolute atomic E-state index is 10.1. The summed E-state index contributed by atoms with van der Waals surface area (Å²) in [7, 11) is -1.28. The highest BCUT2D eigenvalue weighted by atomic mass is 32.1. The minimum atomic E-state index is -1.28. The molecule has 0 aliphatic rings. The third-order valence-corrected chi connectivity index (χ3v) is 6.91. The Bertz CT molecular complexity index is 298. The maximum Gasteiger partial charge on any atom is 0.0908 e. The Morgan fingerprint density at radius 2 is 1.86 bits per heavy atom. The molecule has 1 aromatic rings. The second kappa shape index (κ2) is 4.17. The SMILES string of the molecule is CC(C)C(O)c1ccsc1[Si](C)(C)C. The molecule has 3 heteroatoms. The number of hydrogen-bond acceptors (Lipinski definition) is 2. The smallest absolute Gasteiger partial charge is 0.0908 e. The van der Waals surface area contributed by atoms with Gasteiger partial charge in [0.05, 0.1) is 14.2 Å². The molecule has 0 aromatic carbocycles. The summed E-state index contributed by atoms with van der Waals surface area (Å²) in [6, 6.07) is 2.09. The summed E-state index contributed by atoms with van der Waals surface area (Å²) in [6.07, 6.45) is -0.289. The fourth-order valence-corrected chi connectivity index (χ4v) is 4.91. The first kappa shape index (κ1) is 11.9. The molecule has 0 spiro atoms. The fourth-order valence-electron chi connectivity index (χ4n) is 1.52. The molecule has 14 heavy (non-hydrogen) atoms. The summed E-state index contributed by atoms with van der Waals surface area (Å²) < 4.78 is 1.44. The summed E-state index contributed by atoms with van der Waals surface area (Å²) in [5.41, 5.74) is 1.17. The second-order valence-corrected chi connectivity index (χ2v) is 11.4. The molecule has 1 unspecified atom stereocenters. The van der Waals surface area contributed by atoms with Crippen LogP contribution in [0.15, 0.2) is 11.4 Å². The molecule has 0 bridgehead atoms. The molecule has 1 N–H and O–H groups in total. The van der Waals surface area contributed by atoms with Crippen LogP contribution in [-0.2, 0) is 0 Å². The number of aliphatic hydroxyl groups excluding tert-OH is 1. The molecule has 0 aliphatic carbocycles. The van der Waals surface area contributed by atoms with Gasteiger partial charge >= 0.3 is 0 Å². The lowest BCUT2D eigenvalue weighted by Gasteiger charge is -2.21. The maximum atomic E-state index is 10.1. The molecule has 1 heterocycles. The van der Waals surface area contributed by atoms with Gasteiger partial charge < -0.3 is 5.11 Å². The van der Waals surface area contributed by atoms with Gasteiger partial charge in [-0.15, -0.1) is 0 Å². The molecule has 0 saturated heterocycles. The first-order valence-corrected chi connectivity index (χ1v) is 9.48. The molecule has 1 aromatic heterocycles. The molecule has 0 amide bonds. The van der Waals surface area contributed by atoms with E-state index in [0.717, 1.165) is 0 Å². The first-order valence-electron chi connectivity index (χ1n) is 5.10. The van der Waals surface area contributed by atoms with Crippen LogP contribution in [0, 0.1) is 5.92 Å². The molecule has 1 nitrogen and oxygen atoms in total. The topological polar surface area (TPSA) is 20.2 Å². The van der Waals surface area contributed by atoms with Crippen molar-refractivity contribution in [1.29, 1.82) is 0 Å². The lowest BCUT2D eigenvalue weighted by Crippen LogP contribution is -2.38. The van der Waals surface area contributed by atoms with E-state index in [1.54, 1.807) is 11.3 Å². The standard InChI is InChI=1S/C11H20OSSi/c1-8(2)10(12)9-6-7-13-11(9)14(3,4)5/h6-8,10,12H,1-5H3. The van der Waals surface area contributed by atoms with Gasteiger partial charge in [0.2, 0.25) is 0 Å². The number of hydrogen-bond donors (Lipinski definition) is 1. The van der Waals surface area contributed by atoms with Crippen LogP contribution in [0.4, 0.5) is 0 Å². The molecule has 0 aliphatic heterocycles. The van der Waals surface area contributed by atoms with E-state index in [0.29, 0.717) is 5.92 Å². The van der Waals surface area contributed by atoms with Gasteiger partial charge in [-0.2, -0.15) is 11.3 Å². The summed E-state index contributed by atoms with van der Waals surface area (Å²) in [4.78, 5) is 0. The zero-order valence-electron chi connectivity index (χ0n) is 9.66. The third kappa shape index (κ3) is 2.46. The molecule has 1 atom stereocenters. The Morgan fingerprint density at radius 1 is 1.29 bits per heavy atom. The monoisotopic (exact) mass is 228 g/mol. The lowest BCUT2D eigenvalue weighted by atomic mass is 10.0. The minimum Gasteiger partial charge on any atom is -0.388 e. The summed E-state index contributed by atoms with van der Waals surface area (Å²) in [6.45, 7) is 11.1. The van der Waals surface area contributed by atoms with Gasteiger partial charge in [-0.25, -0.2) is 0 Å². The van der Waals surface area contributed by atoms with E-state index in [1.807, 2.05) is 0 Å². The van der Waals surface area contributed by atoms with E-state index in [4.69, 9.17) is 0 Å². The van der Waals surface area contributed by atoms with Crippen molar-refractivity contribution in [2.45, 2.75) is 39.6 Å². The highest BCUT2D eigenvalue weighted by molar-refractivity contribution is 7.25. The summed E-state index contributed by atoms with van der Waals surface area (Å²) in [5.74, 6) is 0.305. The summed E-state index contributed by atoms with van der Waals surface area (Å²) >= 11 is 1.80. The van der Waals surface area contributed by atoms with Crippen LogP contribution in [0.2, 0.25) is 19.6 Å². The minimum absolute atomic E-state index is 0.289. The van der Waals surface area contributed by atoms with E-state index in [9.17, 15) is 5.11 Å². The van der Waals surface area contributed by atoms with Crippen LogP contribution in [0.3, 0.4) is 0 Å². The molecular formula is C11H20OSSi. The normalized spacial score (nSPS) is 14.8. The highest BCUT2D eigenvalue weighted by Gasteiger charge is 2.25. The number of aliphatic hydroxyl groups is 1. The second-order valence-electron chi connectivity index (χ2n) is 5.14. The van der Waals surface area contributed by atoms with Gasteiger partial charge in [0, 0.05) is 0 Å². The summed E-state index contributed by atoms with van der Waals surface area (Å²) in [5, 5.41) is 12.2. The molecule has 80 valence electrons. The largest absolute Gasteiger partial charge is 0.388 e. The Morgan fingerprint density at radius 3 is 2.29 bits per heavy atom. The predicted octanol–water partition coefficient (Wildman–Crippen LogP) is 2.98. The highest BCUT2D eigenvalue weighted by Crippen LogP contribution is 2.24. The average Bonchev–Trinajstić information content (AvgIpc) is 2.48. The fraction of sp³-hybridized carbons (Fsp3) is 0.636. The van der Waals surface area contributed by atoms with Crippen molar-refractivity contribution in [3.63, 3.8) is 0 Å². The van der Waals surface area contributed by atoms with Gasteiger partial charge in [-0.05, 0) is 27.4 Å². The number of rotatable bonds is 3. The van der Waals surface area contributed by atoms with Crippen molar-refractivity contribution in [2.24, 2.45) is 5.92 Å². The van der Waals surface area contributed by atoms with Crippen molar-refractivity contribution >= 4 is 23.9 Å². The zero-order chi connectivity index (χ0) is 10.9. The molecule has 1 rings (SSSR count). The van der Waals surface area contributed by atoms with Crippen molar-refractivity contribution in [2.75, 3.05) is 0 Å². The Kier molecular flexibility index (Phi) is 3.56. The Hall–Kier alpha value is -0.123. The average molecular weight is 228 g/mol. The lowest BCUT2D eigenvalue weighted by molar-refractivity contribution is 0.128. The van der Waals surface area contributed by atoms with Crippen LogP contribution < -0.4 is 4.50 Å². The van der Waals surface area contributed by atoms with Crippen LogP contribution in [-0.4, -0.2) is 13.2 Å². The van der Waals surface area contributed by atoms with Crippen LogP contribution in [0.25, 0.3) is 0 Å². The third-order valence-electron chi connectivity index (χ3n) is 2.33. The van der Waals surface area contributed by atoms with Crippen molar-refractivity contribution in [1.82, 2.24) is 0 Å². The van der Waals surface area contributed by atoms with Gasteiger partial charge in [0.25, 0.3) is 0 Å². The van der Waals surface area contributed by atoms with E-state index in [-0.39, 0.29) is 6.10 Å². The number of thiophene rings is 1. The molecule has 0 radical (unpaired) electrons. The van der Waals surface area contributed by atoms with Gasteiger partial charge in [-0.3, -0.25) is 0 Å². The van der Waals surface area contributed by atoms with E-state index >= 15 is 0 Å². The van der Waals surface area contributed by atoms with E-state index in [2.05, 4.69) is 44.9 Å². The van der Waals surface area contributed by atoms with Crippen LogP contribution in [0.1, 0.15) is 25.5 Å². The molecule has 0 saturated carbocycles. The van der Waals surface area contributed by atoms with Crippen molar-refractivity contribution in [3.8, 4) is 0 Å². The van der Waals surface area contributed by atoms with Crippen molar-refractivity contribution < 1.29 is 5.11 Å². The van der Waals surface area contributed by atoms with Gasteiger partial charge in [-0.1, -0.05) is 33.5 Å². The van der Waals surface area contributed by atoms with Crippen LogP contribution in [0.5, 0.6) is 0 Å². The first-order chi connectivity index (χ1) is 6.34. The van der Waals surface area contributed by atoms with Gasteiger partial charge in [0.15, 0.2) is 0 Å². The quantitative estimate of drug-likeness (QED) is 0.789. The Labute approximate surface area is 91.8 Å². The molecule has 0 fully saturated rings. The van der Waals surface area contributed by atoms with Crippen molar-refractivity contribution in [3.05, 3.63) is 17.0 Å². The zero-order valence-corrected chi connectivity index (χ0v) is 11.5.